The van der Waals surface area contributed by atoms with Crippen molar-refractivity contribution in [1.82, 2.24) is 0 Å². The predicted octanol–water partition coefficient (Wildman–Crippen LogP) is 16.9. The molecule has 0 aliphatic heterocycles. The normalized spacial score (nSPS) is 12.5. The molecule has 14 rings (SSSR count). The number of alkyl halides is 9. The van der Waals surface area contributed by atoms with Gasteiger partial charge in [0.25, 0.3) is 0 Å². The van der Waals surface area contributed by atoms with E-state index in [2.05, 4.69) is 12.1 Å². The third kappa shape index (κ3) is 8.83. The van der Waals surface area contributed by atoms with E-state index in [1.807, 2.05) is 176 Å². The van der Waals surface area contributed by atoms with Gasteiger partial charge in [-0.3, -0.25) is 0 Å². The Bertz CT molecular complexity index is 4730. The summed E-state index contributed by atoms with van der Waals surface area (Å²) in [5.41, 5.74) is -0.776. The summed E-state index contributed by atoms with van der Waals surface area (Å²) in [5.74, 6) is 0. The third-order valence-corrected chi connectivity index (χ3v) is 16.8. The van der Waals surface area contributed by atoms with Crippen molar-refractivity contribution in [3.63, 3.8) is 0 Å². The van der Waals surface area contributed by atoms with Crippen molar-refractivity contribution in [2.45, 2.75) is 25.5 Å². The highest BCUT2D eigenvalue weighted by atomic mass is 19.4. The van der Waals surface area contributed by atoms with Gasteiger partial charge in [0.05, 0.1) is 16.7 Å². The summed E-state index contributed by atoms with van der Waals surface area (Å²) in [7, 11) is 0. The van der Waals surface area contributed by atoms with E-state index >= 15 is 39.5 Å². The molecule has 0 aromatic heterocycles. The van der Waals surface area contributed by atoms with Gasteiger partial charge in [-0.05, 0) is 123 Å². The van der Waals surface area contributed by atoms with E-state index in [4.69, 9.17) is 0 Å². The summed E-state index contributed by atoms with van der Waals surface area (Å²) in [6.07, 6.45) is -15.4. The lowest BCUT2D eigenvalue weighted by molar-refractivity contribution is -0.142. The van der Waals surface area contributed by atoms with Crippen molar-refractivity contribution in [3.8, 4) is 22.3 Å². The van der Waals surface area contributed by atoms with Crippen molar-refractivity contribution < 1.29 is 39.5 Å². The van der Waals surface area contributed by atoms with Crippen LogP contribution >= 0.6 is 0 Å². The molecule has 0 spiro atoms. The molecule has 11 heteroatoms. The Morgan fingerprint density at radius 3 is 0.892 bits per heavy atom. The first kappa shape index (κ1) is 51.8. The van der Waals surface area contributed by atoms with Crippen molar-refractivity contribution in [2.75, 3.05) is 0 Å². The molecule has 0 saturated heterocycles. The van der Waals surface area contributed by atoms with E-state index in [-0.39, 0.29) is 22.1 Å². The quantitative estimate of drug-likeness (QED) is 0.0808. The lowest BCUT2D eigenvalue weighted by atomic mass is 9.35. The van der Waals surface area contributed by atoms with Crippen molar-refractivity contribution in [2.24, 2.45) is 0 Å². The maximum atomic E-state index is 15.8. The lowest BCUT2D eigenvalue weighted by Gasteiger charge is -2.28. The maximum absolute atomic E-state index is 15.8. The highest BCUT2D eigenvalue weighted by molar-refractivity contribution is 6.98. The predicted molar refractivity (Wildman–Crippen MR) is 326 cm³/mol. The van der Waals surface area contributed by atoms with Gasteiger partial charge in [0.2, 0.25) is 13.4 Å². The first-order valence-electron chi connectivity index (χ1n) is 27.2. The van der Waals surface area contributed by atoms with Crippen LogP contribution in [0.1, 0.15) is 22.3 Å². The smallest absolute Gasteiger partial charge is 0.166 e. The molecule has 0 fully saturated rings. The van der Waals surface area contributed by atoms with Crippen LogP contribution in [-0.4, -0.2) is 13.4 Å². The summed E-state index contributed by atoms with van der Waals surface area (Å²) in [5, 5.41) is 9.48. The van der Waals surface area contributed by atoms with Crippen LogP contribution < -0.4 is 32.8 Å². The minimum Gasteiger partial charge on any atom is -0.166 e. The second-order valence-electron chi connectivity index (χ2n) is 21.6. The molecular weight excluding hydrogens is 1060 g/mol. The fourth-order valence-corrected chi connectivity index (χ4v) is 13.2. The molecule has 14 aromatic rings. The number of halogens is 9. The first-order valence-corrected chi connectivity index (χ1v) is 27.2. The molecule has 0 atom stereocenters. The first-order chi connectivity index (χ1) is 40.0. The molecular formula is C72H43B2F9. The average molecular weight is 1100 g/mol. The third-order valence-electron chi connectivity index (χ3n) is 16.8. The minimum atomic E-state index is -5.26. The second kappa shape index (κ2) is 19.4. The van der Waals surface area contributed by atoms with Crippen LogP contribution in [0.3, 0.4) is 0 Å². The molecule has 14 aromatic carbocycles. The minimum absolute atomic E-state index is 0.0664. The van der Waals surface area contributed by atoms with Gasteiger partial charge in [-0.1, -0.05) is 257 Å². The largest absolute Gasteiger partial charge is 0.417 e. The van der Waals surface area contributed by atoms with Crippen molar-refractivity contribution in [1.29, 1.82) is 0 Å². The number of benzene rings is 14. The molecule has 83 heavy (non-hydrogen) atoms. The Hall–Kier alpha value is -9.34. The van der Waals surface area contributed by atoms with Gasteiger partial charge in [-0.25, -0.2) is 0 Å². The van der Waals surface area contributed by atoms with Crippen LogP contribution in [0.2, 0.25) is 0 Å². The molecule has 400 valence electrons. The Labute approximate surface area is 471 Å². The van der Waals surface area contributed by atoms with E-state index in [0.29, 0.717) is 66.5 Å². The molecule has 0 N–H and O–H groups in total. The highest BCUT2D eigenvalue weighted by Crippen LogP contribution is 2.50. The van der Waals surface area contributed by atoms with Gasteiger partial charge in [0, 0.05) is 5.56 Å². The van der Waals surface area contributed by atoms with Crippen LogP contribution in [-0.2, 0) is 18.5 Å². The SMILES string of the molecule is Cc1cccc(C(F)(F)F)c1-c1cc(B(c2ccc3ccccc3c2)c2ccc3ccccc3c2)c2ccc3c(B(c4ccc5ccccc5c4)c4ccc5ccccc5c4)cc(-c4c(C(F)(F)F)cccc4C(F)(F)F)c4ccc1c2c34. The summed E-state index contributed by atoms with van der Waals surface area (Å²) < 4.78 is 142. The summed E-state index contributed by atoms with van der Waals surface area (Å²) in [4.78, 5) is 0. The Morgan fingerprint density at radius 1 is 0.265 bits per heavy atom. The number of fused-ring (bicyclic) bond motifs is 4. The van der Waals surface area contributed by atoms with Gasteiger partial charge >= 0.3 is 18.5 Å². The zero-order valence-electron chi connectivity index (χ0n) is 44.2. The van der Waals surface area contributed by atoms with Crippen LogP contribution in [0.5, 0.6) is 0 Å². The van der Waals surface area contributed by atoms with Gasteiger partial charge < -0.3 is 0 Å². The Kier molecular flexibility index (Phi) is 12.1. The molecule has 0 aliphatic rings. The van der Waals surface area contributed by atoms with Crippen molar-refractivity contribution in [3.05, 3.63) is 265 Å². The number of hydrogen-bond donors (Lipinski definition) is 0. The van der Waals surface area contributed by atoms with Gasteiger partial charge in [-0.15, -0.1) is 0 Å². The van der Waals surface area contributed by atoms with Crippen LogP contribution in [0.4, 0.5) is 39.5 Å². The number of rotatable bonds is 8. The van der Waals surface area contributed by atoms with Gasteiger partial charge in [0.15, 0.2) is 0 Å². The molecule has 0 heterocycles. The van der Waals surface area contributed by atoms with E-state index in [0.717, 1.165) is 66.1 Å². The number of hydrogen-bond acceptors (Lipinski definition) is 0. The standard InChI is InChI=1S/C72H43B2F9/c1-42-12-10-21-61(70(75,76)77)66(42)59-40-64(73(51-28-24-43-13-2-6-17-47(43)36-51)52-29-25-44-14-3-7-18-48(44)37-52)57-34-35-58-65(74(53-30-26-45-15-4-8-19-49(45)38-53)54-31-27-46-16-5-9-20-50(46)39-54)41-60(56-33-32-55(59)67(57)68(56)58)69-62(71(78,79)80)22-11-23-63(69)72(81,82)83/h2-41H,1H3. The zero-order chi connectivity index (χ0) is 57.1. The fourth-order valence-electron chi connectivity index (χ4n) is 13.2. The monoisotopic (exact) mass is 1100 g/mol. The van der Waals surface area contributed by atoms with Crippen LogP contribution in [0, 0.1) is 6.92 Å². The number of aryl methyl sites for hydroxylation is 1. The Morgan fingerprint density at radius 2 is 0.554 bits per heavy atom. The van der Waals surface area contributed by atoms with Gasteiger partial charge in [-0.2, -0.15) is 39.5 Å². The van der Waals surface area contributed by atoms with Gasteiger partial charge in [0.1, 0.15) is 0 Å². The van der Waals surface area contributed by atoms with E-state index in [9.17, 15) is 0 Å². The van der Waals surface area contributed by atoms with E-state index in [1.165, 1.54) is 18.2 Å². The summed E-state index contributed by atoms with van der Waals surface area (Å²) in [6, 6.07) is 71.5. The highest BCUT2D eigenvalue weighted by Gasteiger charge is 2.43. The van der Waals surface area contributed by atoms with Crippen LogP contribution in [0.15, 0.2) is 243 Å². The topological polar surface area (TPSA) is 0 Å². The van der Waals surface area contributed by atoms with E-state index < -0.39 is 54.2 Å². The molecule has 0 saturated carbocycles. The molecule has 0 nitrogen and oxygen atoms in total. The zero-order valence-corrected chi connectivity index (χ0v) is 44.2. The Balaban J connectivity index is 1.20. The molecule has 0 radical (unpaired) electrons. The summed E-state index contributed by atoms with van der Waals surface area (Å²) >= 11 is 0. The summed E-state index contributed by atoms with van der Waals surface area (Å²) in [6.45, 7) is 0.109. The molecule has 0 aliphatic carbocycles. The molecule has 0 unspecified atom stereocenters. The van der Waals surface area contributed by atoms with Crippen LogP contribution in [0.25, 0.3) is 97.7 Å². The average Bonchev–Trinajstić information content (AvgIpc) is 1.31. The van der Waals surface area contributed by atoms with E-state index in [1.54, 1.807) is 19.1 Å². The molecule has 0 amide bonds. The second-order valence-corrected chi connectivity index (χ2v) is 21.6. The molecule has 0 bridgehead atoms. The maximum Gasteiger partial charge on any atom is 0.417 e. The fraction of sp³-hybridized carbons (Fsp3) is 0.0556. The lowest BCUT2D eigenvalue weighted by Crippen LogP contribution is -2.52. The van der Waals surface area contributed by atoms with Crippen molar-refractivity contribution >= 4 is 122 Å².